The van der Waals surface area contributed by atoms with Crippen molar-refractivity contribution in [2.75, 3.05) is 21.3 Å². The van der Waals surface area contributed by atoms with Gasteiger partial charge in [0, 0.05) is 131 Å². The number of benzene rings is 6. The van der Waals surface area contributed by atoms with Gasteiger partial charge in [0.05, 0.1) is 56.5 Å². The van der Waals surface area contributed by atoms with E-state index in [1.165, 1.54) is 30.9 Å². The molecule has 0 bridgehead atoms. The number of anilines is 4. The van der Waals surface area contributed by atoms with Gasteiger partial charge in [0.2, 0.25) is 58.9 Å². The highest BCUT2D eigenvalue weighted by atomic mass is 79.9. The highest BCUT2D eigenvalue weighted by Crippen LogP contribution is 2.42. The van der Waals surface area contributed by atoms with Crippen LogP contribution in [0.25, 0.3) is 44.1 Å². The van der Waals surface area contributed by atoms with Gasteiger partial charge in [-0.15, -0.1) is 0 Å². The van der Waals surface area contributed by atoms with E-state index in [4.69, 9.17) is 43.6 Å². The standard InChI is InChI=1S/C26H29BrN4O3.C23H23ClN4O3.C21H23N5O4.C20H21N5O4/c1-16(24(33)17-5-3-2-4-6-17)19-9-12-22-21(15-19)29-26(31(22)14-13-23(28)32)30-25(34)18-7-10-20(27)11-8-18;1-13(21(30)14-2-3-14)16-6-9-19-18(12-16)26-23(28(19)11-10-20(25)29)27-22(31)15-4-7-17(24)8-5-15;1-21(2,18(28)12-3-4-12)13-5-6-15-14(11-13)24-20(26(15)10-8-17(22)27)25-19(29)16-7-9-23-30-16;1-11(18(27)12-2-3-12)13-4-5-15-14(10-13)23-20(25(15)9-7-17(21)26)24-19(28)16-6-8-22-29-16/h7-12,15-17H,2-6,13-14H2,1H3,(H2,28,32)(H,29,30,34);4-9,12-14H,2-3,10-11H2,1H3,(H2,25,29)(H,26,27,31);5-7,9,11-12H,3-4,8,10H2,1-2H3,(H2,22,27)(H,24,25,29);4-6,8,10-12H,2-3,7,9H2,1H3,(H2,21,26)(H,23,24,28). The quantitative estimate of drug-likeness (QED) is 0.0194. The first-order chi connectivity index (χ1) is 59.4. The second-order valence-corrected chi connectivity index (χ2v) is 33.6. The van der Waals surface area contributed by atoms with Gasteiger partial charge in [-0.2, -0.15) is 0 Å². The predicted octanol–water partition coefficient (Wildman–Crippen LogP) is 13.7. The fourth-order valence-electron chi connectivity index (χ4n) is 15.2. The van der Waals surface area contributed by atoms with Crippen LogP contribution in [0.5, 0.6) is 0 Å². The summed E-state index contributed by atoms with van der Waals surface area (Å²) < 4.78 is 17.6. The van der Waals surface area contributed by atoms with Gasteiger partial charge in [0.25, 0.3) is 23.6 Å². The molecule has 3 unspecified atom stereocenters. The fourth-order valence-corrected chi connectivity index (χ4v) is 15.5. The Hall–Kier alpha value is -13.2. The fraction of sp³-hybridized carbons (Fsp3) is 0.356. The van der Waals surface area contributed by atoms with Crippen LogP contribution < -0.4 is 44.2 Å². The number of ketones is 4. The number of carbonyl (C=O) groups excluding carboxylic acids is 12. The third-order valence-electron chi connectivity index (χ3n) is 22.9. The number of primary amides is 4. The molecule has 4 saturated carbocycles. The van der Waals surface area contributed by atoms with E-state index in [-0.39, 0.29) is 152 Å². The van der Waals surface area contributed by atoms with Crippen LogP contribution in [0, 0.1) is 23.7 Å². The van der Waals surface area contributed by atoms with Crippen LogP contribution in [0.3, 0.4) is 0 Å². The van der Waals surface area contributed by atoms with Crippen molar-refractivity contribution in [1.82, 2.24) is 48.5 Å². The zero-order chi connectivity index (χ0) is 88.4. The topological polar surface area (TPSA) is 480 Å². The number of imidazole rings is 4. The molecular weight excluding hydrogens is 1670 g/mol. The van der Waals surface area contributed by atoms with Gasteiger partial charge < -0.3 is 50.2 Å². The van der Waals surface area contributed by atoms with Crippen molar-refractivity contribution in [3.8, 4) is 0 Å². The number of aryl methyl sites for hydroxylation is 4. The van der Waals surface area contributed by atoms with E-state index >= 15 is 0 Å². The number of nitrogens with zero attached hydrogens (tertiary/aromatic N) is 10. The molecule has 6 aromatic heterocycles. The first-order valence-corrected chi connectivity index (χ1v) is 42.4. The average molecular weight is 1770 g/mol. The summed E-state index contributed by atoms with van der Waals surface area (Å²) in [6.07, 6.45) is 14.3. The van der Waals surface area contributed by atoms with Crippen molar-refractivity contribution in [2.24, 2.45) is 46.6 Å². The molecule has 124 heavy (non-hydrogen) atoms. The average Bonchev–Trinajstić information content (AvgIpc) is 1.62. The maximum absolute atomic E-state index is 13.1. The predicted molar refractivity (Wildman–Crippen MR) is 468 cm³/mol. The summed E-state index contributed by atoms with van der Waals surface area (Å²) in [5.74, 6) is -1.19. The molecule has 4 aliphatic rings. The molecule has 0 radical (unpaired) electrons. The van der Waals surface area contributed by atoms with Gasteiger partial charge in [-0.25, -0.2) is 19.9 Å². The molecule has 0 spiro atoms. The molecule has 12 aromatic rings. The zero-order valence-corrected chi connectivity index (χ0v) is 71.4. The first-order valence-electron chi connectivity index (χ1n) is 41.3. The lowest BCUT2D eigenvalue weighted by molar-refractivity contribution is -0.125. The second-order valence-electron chi connectivity index (χ2n) is 32.3. The molecule has 3 atom stereocenters. The van der Waals surface area contributed by atoms with Gasteiger partial charge in [0.1, 0.15) is 23.1 Å². The maximum atomic E-state index is 13.1. The lowest BCUT2D eigenvalue weighted by Crippen LogP contribution is -2.30. The van der Waals surface area contributed by atoms with Crippen molar-refractivity contribution in [2.45, 2.75) is 180 Å². The lowest BCUT2D eigenvalue weighted by atomic mass is 9.78. The molecule has 6 heterocycles. The summed E-state index contributed by atoms with van der Waals surface area (Å²) in [6, 6.07) is 39.0. The van der Waals surface area contributed by atoms with Crippen molar-refractivity contribution >= 4 is 166 Å². The molecule has 32 nitrogen and oxygen atoms in total. The van der Waals surface area contributed by atoms with Crippen LogP contribution >= 0.6 is 27.5 Å². The number of Topliss-reactive ketones (excluding diaryl/α,β-unsaturated/α-hetero) is 4. The molecule has 0 aliphatic heterocycles. The summed E-state index contributed by atoms with van der Waals surface area (Å²) in [5, 5.41) is 18.6. The van der Waals surface area contributed by atoms with Gasteiger partial charge in [-0.05, 0) is 185 Å². The summed E-state index contributed by atoms with van der Waals surface area (Å²) >= 11 is 9.26. The number of nitrogens with two attached hydrogens (primary N) is 4. The van der Waals surface area contributed by atoms with Crippen molar-refractivity contribution in [1.29, 1.82) is 0 Å². The number of hydrogen-bond donors (Lipinski definition) is 8. The molecule has 34 heteroatoms. The number of halogens is 2. The van der Waals surface area contributed by atoms with Gasteiger partial charge in [-0.3, -0.25) is 78.8 Å². The normalized spacial score (nSPS) is 14.6. The Bertz CT molecular complexity index is 6050. The molecule has 6 aromatic carbocycles. The maximum Gasteiger partial charge on any atom is 0.296 e. The summed E-state index contributed by atoms with van der Waals surface area (Å²) in [4.78, 5) is 165. The Morgan fingerprint density at radius 3 is 1.05 bits per heavy atom. The minimum absolute atomic E-state index is 0.0420. The monoisotopic (exact) mass is 1770 g/mol. The first kappa shape index (κ1) is 88.6. The molecule has 4 aliphatic carbocycles. The minimum atomic E-state index is -0.629. The van der Waals surface area contributed by atoms with Gasteiger partial charge in [0.15, 0.2) is 0 Å². The van der Waals surface area contributed by atoms with Crippen LogP contribution in [0.2, 0.25) is 5.02 Å². The number of amides is 8. The third-order valence-corrected chi connectivity index (χ3v) is 23.6. The molecule has 8 amide bonds. The second kappa shape index (κ2) is 38.9. The molecule has 0 saturated heterocycles. The number of carbonyl (C=O) groups is 12. The summed E-state index contributed by atoms with van der Waals surface area (Å²) in [5.41, 5.74) is 30.7. The number of rotatable bonds is 32. The molecule has 12 N–H and O–H groups in total. The minimum Gasteiger partial charge on any atom is -0.370 e. The van der Waals surface area contributed by atoms with Crippen LogP contribution in [-0.2, 0) is 70.0 Å². The number of fused-ring (bicyclic) bond motifs is 4. The highest BCUT2D eigenvalue weighted by molar-refractivity contribution is 9.10. The third kappa shape index (κ3) is 21.6. The Morgan fingerprint density at radius 2 is 0.726 bits per heavy atom. The van der Waals surface area contributed by atoms with E-state index in [2.05, 4.69) is 67.4 Å². The highest BCUT2D eigenvalue weighted by Gasteiger charge is 2.41. The van der Waals surface area contributed by atoms with Crippen molar-refractivity contribution in [3.05, 3.63) is 200 Å². The SMILES string of the molecule is CC(C(=O)C1CC1)c1ccc2c(c1)nc(NC(=O)c1ccc(Cl)cc1)n2CCC(N)=O.CC(C(=O)C1CC1)c1ccc2c(c1)nc(NC(=O)c1ccno1)n2CCC(N)=O.CC(C(=O)C1CCCCC1)c1ccc2c(c1)nc(NC(=O)c1ccc(Br)cc1)n2CCC(N)=O.CC(C)(C(=O)C1CC1)c1ccc2c(c1)nc(NC(=O)c1ccno1)n2CCC(N)=O. The summed E-state index contributed by atoms with van der Waals surface area (Å²) in [6.45, 7) is 10.7. The Kier molecular flexibility index (Phi) is 27.8. The van der Waals surface area contributed by atoms with E-state index < -0.39 is 40.9 Å². The van der Waals surface area contributed by atoms with E-state index in [9.17, 15) is 57.5 Å². The Labute approximate surface area is 725 Å². The molecular formula is C90H96BrClN18O14. The van der Waals surface area contributed by atoms with E-state index in [0.717, 1.165) is 113 Å². The Balaban J connectivity index is 0.000000142. The van der Waals surface area contributed by atoms with E-state index in [0.29, 0.717) is 50.1 Å². The Morgan fingerprint density at radius 1 is 0.411 bits per heavy atom. The van der Waals surface area contributed by atoms with Crippen LogP contribution in [0.15, 0.2) is 159 Å². The van der Waals surface area contributed by atoms with Gasteiger partial charge >= 0.3 is 0 Å². The number of nitrogens with one attached hydrogen (secondary N) is 4. The number of aromatic nitrogens is 10. The van der Waals surface area contributed by atoms with Crippen molar-refractivity contribution < 1.29 is 66.6 Å². The van der Waals surface area contributed by atoms with E-state index in [1.807, 2.05) is 107 Å². The van der Waals surface area contributed by atoms with E-state index in [1.54, 1.807) is 66.8 Å². The largest absolute Gasteiger partial charge is 0.370 e. The molecule has 16 rings (SSSR count). The van der Waals surface area contributed by atoms with Crippen LogP contribution in [-0.4, -0.2) is 119 Å². The van der Waals surface area contributed by atoms with Crippen molar-refractivity contribution in [3.63, 3.8) is 0 Å². The molecule has 4 fully saturated rings. The molecule has 644 valence electrons. The number of hydrogen-bond acceptors (Lipinski definition) is 20. The lowest BCUT2D eigenvalue weighted by Gasteiger charge is -2.23. The zero-order valence-electron chi connectivity index (χ0n) is 69.1. The van der Waals surface area contributed by atoms with Crippen LogP contribution in [0.1, 0.15) is 213 Å². The smallest absolute Gasteiger partial charge is 0.296 e. The van der Waals surface area contributed by atoms with Crippen LogP contribution in [0.4, 0.5) is 23.8 Å². The summed E-state index contributed by atoms with van der Waals surface area (Å²) in [7, 11) is 0. The van der Waals surface area contributed by atoms with Gasteiger partial charge in [-0.1, -0.05) is 102 Å².